The molecule has 0 aromatic heterocycles. The highest BCUT2D eigenvalue weighted by Gasteiger charge is 2.14. The number of halogens is 1. The summed E-state index contributed by atoms with van der Waals surface area (Å²) < 4.78 is 1.08. The summed E-state index contributed by atoms with van der Waals surface area (Å²) in [4.78, 5) is 0. The molecule has 6 rings (SSSR count). The highest BCUT2D eigenvalue weighted by atomic mass is 79.9. The molecule has 0 aliphatic rings. The molecule has 0 saturated carbocycles. The molecule has 0 atom stereocenters. The molecule has 0 saturated heterocycles. The lowest BCUT2D eigenvalue weighted by atomic mass is 9.88. The average molecular weight is 483 g/mol. The first-order chi connectivity index (χ1) is 16.3. The van der Waals surface area contributed by atoms with Crippen LogP contribution in [0.3, 0.4) is 0 Å². The summed E-state index contributed by atoms with van der Waals surface area (Å²) in [6.45, 7) is 0. The Morgan fingerprint density at radius 2 is 1.12 bits per heavy atom. The van der Waals surface area contributed by atoms with Crippen LogP contribution >= 0.6 is 15.9 Å². The van der Waals surface area contributed by atoms with Gasteiger partial charge in [-0.3, -0.25) is 0 Å². The van der Waals surface area contributed by atoms with Crippen molar-refractivity contribution in [2.24, 2.45) is 0 Å². The van der Waals surface area contributed by atoms with Crippen molar-refractivity contribution in [3.05, 3.63) is 131 Å². The molecule has 0 radical (unpaired) electrons. The molecule has 0 fully saturated rings. The van der Waals surface area contributed by atoms with Gasteiger partial charge in [0.25, 0.3) is 0 Å². The van der Waals surface area contributed by atoms with Gasteiger partial charge in [0.15, 0.2) is 0 Å². The third-order valence-electron chi connectivity index (χ3n) is 6.13. The minimum atomic E-state index is 1.03. The molecule has 154 valence electrons. The lowest BCUT2D eigenvalue weighted by Gasteiger charge is -2.15. The van der Waals surface area contributed by atoms with Crippen molar-refractivity contribution >= 4 is 48.2 Å². The third-order valence-corrected chi connectivity index (χ3v) is 6.62. The van der Waals surface area contributed by atoms with Crippen molar-refractivity contribution in [1.29, 1.82) is 0 Å². The van der Waals surface area contributed by atoms with Crippen LogP contribution in [0, 0.1) is 11.8 Å². The van der Waals surface area contributed by atoms with Crippen LogP contribution in [0.1, 0.15) is 11.1 Å². The number of benzene rings is 6. The Labute approximate surface area is 201 Å². The Kier molecular flexibility index (Phi) is 4.95. The van der Waals surface area contributed by atoms with Crippen LogP contribution in [0.5, 0.6) is 0 Å². The van der Waals surface area contributed by atoms with Crippen LogP contribution in [0.2, 0.25) is 0 Å². The molecule has 33 heavy (non-hydrogen) atoms. The first kappa shape index (κ1) is 19.8. The molecule has 0 amide bonds. The topological polar surface area (TPSA) is 0 Å². The van der Waals surface area contributed by atoms with Gasteiger partial charge in [-0.25, -0.2) is 0 Å². The van der Waals surface area contributed by atoms with Gasteiger partial charge in [0.1, 0.15) is 0 Å². The largest absolute Gasteiger partial charge is 0.0616 e. The van der Waals surface area contributed by atoms with Gasteiger partial charge in [-0.05, 0) is 67.7 Å². The summed E-state index contributed by atoms with van der Waals surface area (Å²) >= 11 is 3.65. The molecule has 1 heteroatoms. The lowest BCUT2D eigenvalue weighted by molar-refractivity contribution is 1.63. The van der Waals surface area contributed by atoms with Crippen LogP contribution < -0.4 is 0 Å². The molecule has 0 unspecified atom stereocenters. The fraction of sp³-hybridized carbons (Fsp3) is 0. The molecule has 6 aromatic carbocycles. The van der Waals surface area contributed by atoms with Gasteiger partial charge in [0.05, 0.1) is 0 Å². The molecule has 0 spiro atoms. The van der Waals surface area contributed by atoms with Crippen LogP contribution in [0.15, 0.2) is 120 Å². The molecule has 6 aromatic rings. The van der Waals surface area contributed by atoms with Gasteiger partial charge < -0.3 is 0 Å². The van der Waals surface area contributed by atoms with Crippen LogP contribution in [0.25, 0.3) is 43.4 Å². The zero-order valence-corrected chi connectivity index (χ0v) is 19.4. The fourth-order valence-corrected chi connectivity index (χ4v) is 5.02. The van der Waals surface area contributed by atoms with Gasteiger partial charge in [0, 0.05) is 15.6 Å². The van der Waals surface area contributed by atoms with E-state index in [0.29, 0.717) is 0 Å². The molecule has 0 aliphatic carbocycles. The molecule has 0 N–H and O–H groups in total. The summed E-state index contributed by atoms with van der Waals surface area (Å²) in [5, 5.41) is 7.24. The molecule has 0 bridgehead atoms. The highest BCUT2D eigenvalue weighted by Crippen LogP contribution is 2.39. The quantitative estimate of drug-likeness (QED) is 0.162. The number of hydrogen-bond donors (Lipinski definition) is 0. The molecule has 0 aliphatic heterocycles. The Balaban J connectivity index is 1.64. The van der Waals surface area contributed by atoms with E-state index in [0.717, 1.165) is 15.6 Å². The van der Waals surface area contributed by atoms with Crippen molar-refractivity contribution in [2.45, 2.75) is 0 Å². The van der Waals surface area contributed by atoms with Crippen LogP contribution in [-0.4, -0.2) is 0 Å². The maximum absolute atomic E-state index is 3.65. The Bertz CT molecular complexity index is 1670. The van der Waals surface area contributed by atoms with E-state index in [1.165, 1.54) is 43.4 Å². The third kappa shape index (κ3) is 3.59. The Morgan fingerprint density at radius 1 is 0.485 bits per heavy atom. The van der Waals surface area contributed by atoms with E-state index in [1.807, 2.05) is 0 Å². The van der Waals surface area contributed by atoms with E-state index in [-0.39, 0.29) is 0 Å². The first-order valence-electron chi connectivity index (χ1n) is 11.0. The van der Waals surface area contributed by atoms with E-state index in [1.54, 1.807) is 0 Å². The van der Waals surface area contributed by atoms with Crippen molar-refractivity contribution < 1.29 is 0 Å². The standard InChI is InChI=1S/C32H19Br/c33-26-11-7-10-25(21-26)32-30-14-5-3-12-27(30)29(28-13-4-6-15-31(28)32)19-17-22-16-18-23-8-1-2-9-24(23)20-22/h1-16,18,20-21H. The van der Waals surface area contributed by atoms with Gasteiger partial charge in [-0.1, -0.05) is 119 Å². The van der Waals surface area contributed by atoms with Gasteiger partial charge in [-0.2, -0.15) is 0 Å². The second-order valence-corrected chi connectivity index (χ2v) is 9.08. The smallest absolute Gasteiger partial charge is 0.0406 e. The van der Waals surface area contributed by atoms with E-state index >= 15 is 0 Å². The average Bonchev–Trinajstić information content (AvgIpc) is 2.86. The maximum Gasteiger partial charge on any atom is 0.0406 e. The predicted octanol–water partition coefficient (Wildman–Crippen LogP) is 8.98. The Hall–Kier alpha value is -3.86. The fourth-order valence-electron chi connectivity index (χ4n) is 4.62. The summed E-state index contributed by atoms with van der Waals surface area (Å²) in [5.41, 5.74) is 4.55. The van der Waals surface area contributed by atoms with Crippen molar-refractivity contribution in [3.63, 3.8) is 0 Å². The minimum absolute atomic E-state index is 1.03. The van der Waals surface area contributed by atoms with Crippen LogP contribution in [0.4, 0.5) is 0 Å². The van der Waals surface area contributed by atoms with E-state index in [9.17, 15) is 0 Å². The molecular weight excluding hydrogens is 464 g/mol. The minimum Gasteiger partial charge on any atom is -0.0616 e. The SMILES string of the molecule is Brc1cccc(-c2c3ccccc3c(C#Cc3ccc4ccccc4c3)c3ccccc23)c1. The highest BCUT2D eigenvalue weighted by molar-refractivity contribution is 9.10. The maximum atomic E-state index is 3.65. The number of rotatable bonds is 1. The Morgan fingerprint density at radius 3 is 1.82 bits per heavy atom. The van der Waals surface area contributed by atoms with E-state index in [4.69, 9.17) is 0 Å². The normalized spacial score (nSPS) is 10.9. The molecule has 0 nitrogen and oxygen atoms in total. The second kappa shape index (κ2) is 8.24. The van der Waals surface area contributed by atoms with Crippen molar-refractivity contribution in [2.75, 3.05) is 0 Å². The van der Waals surface area contributed by atoms with Crippen molar-refractivity contribution in [3.8, 4) is 23.0 Å². The monoisotopic (exact) mass is 482 g/mol. The van der Waals surface area contributed by atoms with Crippen LogP contribution in [-0.2, 0) is 0 Å². The van der Waals surface area contributed by atoms with E-state index in [2.05, 4.69) is 143 Å². The summed E-state index contributed by atoms with van der Waals surface area (Å²) in [7, 11) is 0. The second-order valence-electron chi connectivity index (χ2n) is 8.16. The summed E-state index contributed by atoms with van der Waals surface area (Å²) in [6, 6.07) is 40.6. The number of fused-ring (bicyclic) bond motifs is 3. The molecular formula is C32H19Br. The zero-order chi connectivity index (χ0) is 22.2. The van der Waals surface area contributed by atoms with Gasteiger partial charge in [0.2, 0.25) is 0 Å². The first-order valence-corrected chi connectivity index (χ1v) is 11.8. The lowest BCUT2D eigenvalue weighted by Crippen LogP contribution is -1.90. The van der Waals surface area contributed by atoms with Gasteiger partial charge in [-0.15, -0.1) is 0 Å². The number of hydrogen-bond acceptors (Lipinski definition) is 0. The van der Waals surface area contributed by atoms with E-state index < -0.39 is 0 Å². The molecule has 0 heterocycles. The summed E-state index contributed by atoms with van der Waals surface area (Å²) in [5.74, 6) is 6.99. The van der Waals surface area contributed by atoms with Gasteiger partial charge >= 0.3 is 0 Å². The predicted molar refractivity (Wildman–Crippen MR) is 145 cm³/mol. The summed E-state index contributed by atoms with van der Waals surface area (Å²) in [6.07, 6.45) is 0. The van der Waals surface area contributed by atoms with Crippen molar-refractivity contribution in [1.82, 2.24) is 0 Å². The zero-order valence-electron chi connectivity index (χ0n) is 17.8.